The van der Waals surface area contributed by atoms with Crippen LogP contribution >= 0.6 is 0 Å². The third-order valence-electron chi connectivity index (χ3n) is 3.40. The molecule has 0 saturated carbocycles. The van der Waals surface area contributed by atoms with Crippen LogP contribution in [0.15, 0.2) is 48.8 Å². The lowest BCUT2D eigenvalue weighted by molar-refractivity contribution is -0.117. The molecule has 1 amide bonds. The van der Waals surface area contributed by atoms with Crippen LogP contribution in [0.2, 0.25) is 0 Å². The number of anilines is 1. The number of amides is 1. The average molecular weight is 283 g/mol. The summed E-state index contributed by atoms with van der Waals surface area (Å²) in [5.41, 5.74) is 3.05. The fraction of sp³-hybridized carbons (Fsp3) is 0.294. The molecule has 0 aliphatic carbocycles. The molecule has 110 valence electrons. The van der Waals surface area contributed by atoms with Gasteiger partial charge < -0.3 is 5.32 Å². The van der Waals surface area contributed by atoms with Crippen molar-refractivity contribution in [3.05, 3.63) is 59.9 Å². The van der Waals surface area contributed by atoms with Gasteiger partial charge in [0.2, 0.25) is 5.91 Å². The molecule has 2 atom stereocenters. The Labute approximate surface area is 125 Å². The van der Waals surface area contributed by atoms with E-state index in [0.29, 0.717) is 0 Å². The minimum atomic E-state index is -0.290. The van der Waals surface area contributed by atoms with E-state index in [1.807, 2.05) is 63.4 Å². The van der Waals surface area contributed by atoms with Gasteiger partial charge >= 0.3 is 0 Å². The molecule has 0 spiro atoms. The minimum absolute atomic E-state index is 0.0467. The van der Waals surface area contributed by atoms with Crippen molar-refractivity contribution in [3.8, 4) is 0 Å². The van der Waals surface area contributed by atoms with Gasteiger partial charge in [0.15, 0.2) is 0 Å². The lowest BCUT2D eigenvalue weighted by Gasteiger charge is -2.19. The van der Waals surface area contributed by atoms with Gasteiger partial charge in [-0.2, -0.15) is 0 Å². The Morgan fingerprint density at radius 3 is 2.48 bits per heavy atom. The van der Waals surface area contributed by atoms with Crippen molar-refractivity contribution in [1.29, 1.82) is 0 Å². The normalized spacial score (nSPS) is 13.5. The molecule has 1 unspecified atom stereocenters. The molecule has 4 heteroatoms. The second-order valence-electron chi connectivity index (χ2n) is 5.25. The molecular weight excluding hydrogens is 262 g/mol. The minimum Gasteiger partial charge on any atom is -0.325 e. The summed E-state index contributed by atoms with van der Waals surface area (Å²) in [7, 11) is 0. The first-order valence-electron chi connectivity index (χ1n) is 7.10. The molecule has 4 nitrogen and oxygen atoms in total. The number of aromatic nitrogens is 1. The van der Waals surface area contributed by atoms with Crippen molar-refractivity contribution in [2.24, 2.45) is 0 Å². The van der Waals surface area contributed by atoms with Crippen molar-refractivity contribution in [1.82, 2.24) is 10.3 Å². The number of aryl methyl sites for hydroxylation is 1. The van der Waals surface area contributed by atoms with Gasteiger partial charge in [0.1, 0.15) is 0 Å². The Bertz CT molecular complexity index is 581. The average Bonchev–Trinajstić information content (AvgIpc) is 2.50. The summed E-state index contributed by atoms with van der Waals surface area (Å²) < 4.78 is 0. The topological polar surface area (TPSA) is 54.0 Å². The van der Waals surface area contributed by atoms with E-state index in [1.54, 1.807) is 6.20 Å². The zero-order valence-corrected chi connectivity index (χ0v) is 12.6. The van der Waals surface area contributed by atoms with E-state index < -0.39 is 0 Å². The lowest BCUT2D eigenvalue weighted by Crippen LogP contribution is -2.39. The van der Waals surface area contributed by atoms with E-state index in [1.165, 1.54) is 5.56 Å². The van der Waals surface area contributed by atoms with Crippen LogP contribution in [0.4, 0.5) is 5.69 Å². The Balaban J connectivity index is 1.92. The molecule has 0 aliphatic rings. The standard InChI is InChI=1S/C17H21N3O/c1-12-6-8-16(9-7-12)20-17(21)14(3)19-13(2)15-5-4-10-18-11-15/h4-11,13-14,19H,1-3H3,(H,20,21)/t13-,14?/m1/s1. The fourth-order valence-electron chi connectivity index (χ4n) is 2.07. The molecule has 21 heavy (non-hydrogen) atoms. The monoisotopic (exact) mass is 283 g/mol. The molecule has 2 rings (SSSR count). The first kappa shape index (κ1) is 15.2. The van der Waals surface area contributed by atoms with Crippen LogP contribution in [0, 0.1) is 6.92 Å². The smallest absolute Gasteiger partial charge is 0.241 e. The van der Waals surface area contributed by atoms with Crippen molar-refractivity contribution in [2.45, 2.75) is 32.9 Å². The molecular formula is C17H21N3O. The van der Waals surface area contributed by atoms with E-state index >= 15 is 0 Å². The third-order valence-corrected chi connectivity index (χ3v) is 3.40. The van der Waals surface area contributed by atoms with Gasteiger partial charge in [0.05, 0.1) is 6.04 Å². The predicted octanol–water partition coefficient (Wildman–Crippen LogP) is 3.07. The fourth-order valence-corrected chi connectivity index (χ4v) is 2.07. The number of pyridine rings is 1. The number of benzene rings is 1. The molecule has 2 aromatic rings. The first-order valence-corrected chi connectivity index (χ1v) is 7.10. The molecule has 1 aromatic heterocycles. The summed E-state index contributed by atoms with van der Waals surface area (Å²) in [6, 6.07) is 11.4. The van der Waals surface area contributed by atoms with Crippen LogP contribution in [0.3, 0.4) is 0 Å². The summed E-state index contributed by atoms with van der Waals surface area (Å²) in [4.78, 5) is 16.3. The molecule has 0 aliphatic heterocycles. The molecule has 0 radical (unpaired) electrons. The molecule has 1 aromatic carbocycles. The van der Waals surface area contributed by atoms with Crippen LogP contribution in [0.1, 0.15) is 31.0 Å². The van der Waals surface area contributed by atoms with Gasteiger partial charge in [-0.1, -0.05) is 23.8 Å². The number of rotatable bonds is 5. The van der Waals surface area contributed by atoms with Gasteiger partial charge in [-0.25, -0.2) is 0 Å². The number of hydrogen-bond acceptors (Lipinski definition) is 3. The number of nitrogens with one attached hydrogen (secondary N) is 2. The SMILES string of the molecule is Cc1ccc(NC(=O)C(C)N[C@H](C)c2cccnc2)cc1. The van der Waals surface area contributed by atoms with Crippen molar-refractivity contribution >= 4 is 11.6 Å². The van der Waals surface area contributed by atoms with Crippen molar-refractivity contribution < 1.29 is 4.79 Å². The van der Waals surface area contributed by atoms with Crippen LogP contribution < -0.4 is 10.6 Å². The largest absolute Gasteiger partial charge is 0.325 e. The number of nitrogens with zero attached hydrogens (tertiary/aromatic N) is 1. The van der Waals surface area contributed by atoms with E-state index in [4.69, 9.17) is 0 Å². The summed E-state index contributed by atoms with van der Waals surface area (Å²) in [5, 5.41) is 6.18. The van der Waals surface area contributed by atoms with Crippen molar-refractivity contribution in [2.75, 3.05) is 5.32 Å². The maximum Gasteiger partial charge on any atom is 0.241 e. The second-order valence-corrected chi connectivity index (χ2v) is 5.25. The van der Waals surface area contributed by atoms with Crippen LogP contribution in [-0.4, -0.2) is 16.9 Å². The van der Waals surface area contributed by atoms with Gasteiger partial charge in [0.25, 0.3) is 0 Å². The highest BCUT2D eigenvalue weighted by Crippen LogP contribution is 2.12. The lowest BCUT2D eigenvalue weighted by atomic mass is 10.1. The highest BCUT2D eigenvalue weighted by atomic mass is 16.2. The van der Waals surface area contributed by atoms with Crippen LogP contribution in [0.25, 0.3) is 0 Å². The number of hydrogen-bond donors (Lipinski definition) is 2. The zero-order chi connectivity index (χ0) is 15.2. The number of carbonyl (C=O) groups is 1. The Morgan fingerprint density at radius 1 is 1.14 bits per heavy atom. The Morgan fingerprint density at radius 2 is 1.86 bits per heavy atom. The quantitative estimate of drug-likeness (QED) is 0.886. The molecule has 1 heterocycles. The highest BCUT2D eigenvalue weighted by molar-refractivity contribution is 5.94. The van der Waals surface area contributed by atoms with E-state index in [2.05, 4.69) is 15.6 Å². The molecule has 0 fully saturated rings. The first-order chi connectivity index (χ1) is 10.1. The second kappa shape index (κ2) is 6.99. The summed E-state index contributed by atoms with van der Waals surface area (Å²) in [5.74, 6) is -0.0467. The summed E-state index contributed by atoms with van der Waals surface area (Å²) in [6.07, 6.45) is 3.55. The van der Waals surface area contributed by atoms with E-state index in [0.717, 1.165) is 11.3 Å². The summed E-state index contributed by atoms with van der Waals surface area (Å²) in [6.45, 7) is 5.90. The summed E-state index contributed by atoms with van der Waals surface area (Å²) >= 11 is 0. The maximum atomic E-state index is 12.2. The van der Waals surface area contributed by atoms with Crippen molar-refractivity contribution in [3.63, 3.8) is 0 Å². The molecule has 0 saturated heterocycles. The van der Waals surface area contributed by atoms with Gasteiger partial charge in [-0.05, 0) is 44.5 Å². The zero-order valence-electron chi connectivity index (χ0n) is 12.6. The van der Waals surface area contributed by atoms with Gasteiger partial charge in [-0.3, -0.25) is 15.1 Å². The van der Waals surface area contributed by atoms with Gasteiger partial charge in [0, 0.05) is 24.1 Å². The van der Waals surface area contributed by atoms with Gasteiger partial charge in [-0.15, -0.1) is 0 Å². The number of carbonyl (C=O) groups excluding carboxylic acids is 1. The van der Waals surface area contributed by atoms with Crippen LogP contribution in [0.5, 0.6) is 0 Å². The predicted molar refractivity (Wildman–Crippen MR) is 85.1 cm³/mol. The molecule has 2 N–H and O–H groups in total. The Hall–Kier alpha value is -2.20. The van der Waals surface area contributed by atoms with E-state index in [-0.39, 0.29) is 18.0 Å². The molecule has 0 bridgehead atoms. The Kier molecular flexibility index (Phi) is 5.06. The third kappa shape index (κ3) is 4.39. The van der Waals surface area contributed by atoms with Crippen LogP contribution in [-0.2, 0) is 4.79 Å². The van der Waals surface area contributed by atoms with E-state index in [9.17, 15) is 4.79 Å². The highest BCUT2D eigenvalue weighted by Gasteiger charge is 2.16. The maximum absolute atomic E-state index is 12.2.